The first-order chi connectivity index (χ1) is 29.2. The van der Waals surface area contributed by atoms with Crippen molar-refractivity contribution in [3.05, 3.63) is 29.8 Å². The molecule has 1 aromatic carbocycles. The third-order valence-electron chi connectivity index (χ3n) is 11.2. The summed E-state index contributed by atoms with van der Waals surface area (Å²) in [7, 11) is 0. The summed E-state index contributed by atoms with van der Waals surface area (Å²) in [6.07, 6.45) is -14.5. The minimum atomic E-state index is -2.24. The highest BCUT2D eigenvalue weighted by molar-refractivity contribution is 5.98. The highest BCUT2D eigenvalue weighted by Crippen LogP contribution is 2.27. The summed E-state index contributed by atoms with van der Waals surface area (Å²) < 4.78 is 0. The van der Waals surface area contributed by atoms with Crippen molar-refractivity contribution in [2.24, 2.45) is 11.7 Å². The number of aromatic hydroxyl groups is 1. The minimum Gasteiger partial charge on any atom is -0.508 e. The van der Waals surface area contributed by atoms with E-state index in [1.807, 2.05) is 0 Å². The first-order valence-electron chi connectivity index (χ1n) is 20.4. The van der Waals surface area contributed by atoms with E-state index in [0.717, 1.165) is 23.6 Å². The normalized spacial score (nSPS) is 32.9. The molecule has 62 heavy (non-hydrogen) atoms. The summed E-state index contributed by atoms with van der Waals surface area (Å²) in [5.41, 5.74) is 6.12. The molecule has 3 fully saturated rings. The highest BCUT2D eigenvalue weighted by atomic mass is 16.3. The van der Waals surface area contributed by atoms with Crippen molar-refractivity contribution in [2.75, 3.05) is 39.3 Å². The summed E-state index contributed by atoms with van der Waals surface area (Å²) in [5.74, 6) is -7.76. The largest absolute Gasteiger partial charge is 0.508 e. The molecule has 24 nitrogen and oxygen atoms in total. The van der Waals surface area contributed by atoms with Gasteiger partial charge in [0.05, 0.1) is 43.2 Å². The second kappa shape index (κ2) is 22.2. The molecule has 0 aromatic heterocycles. The zero-order valence-corrected chi connectivity index (χ0v) is 34.6. The molecule has 0 aliphatic carbocycles. The molecule has 24 heteroatoms. The van der Waals surface area contributed by atoms with Crippen LogP contribution in [0.4, 0.5) is 0 Å². The molecule has 3 aliphatic rings. The van der Waals surface area contributed by atoms with Crippen molar-refractivity contribution >= 4 is 35.4 Å². The van der Waals surface area contributed by atoms with Crippen LogP contribution >= 0.6 is 0 Å². The number of nitrogens with zero attached hydrogens (tertiary/aromatic N) is 2. The van der Waals surface area contributed by atoms with Gasteiger partial charge in [-0.1, -0.05) is 19.1 Å². The number of rotatable bonds is 11. The summed E-state index contributed by atoms with van der Waals surface area (Å²) in [6, 6.07) is -6.05. The first kappa shape index (κ1) is 50.0. The van der Waals surface area contributed by atoms with Crippen LogP contribution in [0.3, 0.4) is 0 Å². The molecular formula is C38H61N9O15. The Morgan fingerprint density at radius 2 is 1.32 bits per heavy atom. The number of nitrogens with two attached hydrogens (primary N) is 1. The minimum absolute atomic E-state index is 0.0436. The monoisotopic (exact) mass is 883 g/mol. The van der Waals surface area contributed by atoms with Crippen molar-refractivity contribution < 1.29 is 74.7 Å². The standard InChI is InChI=1S/C38H61N9O15/c1-16-14-47-28(29(16)54)36(60)45-32(41-9-8-40-10-11-48)24(53)13-22(39)33(57)42-25(17(2)49)37(61)46-15-21(52)12-23(46)34(58)44-27(35(59)43-26(18(3)50)38(47)62)31(56)30(55)19-4-6-20(51)7-5-19/h4-7,16-18,21-32,40-41,48-56H,8-15,39H2,1-3H3,(H,42,57)(H,43,59)(H,44,58)(H,45,60)/t16-,17+,18+,21+,22?,23?,24+,25?,26?,27?,28?,29-,30-,31-,32?/m0/s1. The van der Waals surface area contributed by atoms with Crippen LogP contribution in [0.25, 0.3) is 0 Å². The third kappa shape index (κ3) is 12.1. The third-order valence-corrected chi connectivity index (χ3v) is 11.2. The van der Waals surface area contributed by atoms with Crippen LogP contribution in [0.2, 0.25) is 0 Å². The fraction of sp³-hybridized carbons (Fsp3) is 0.684. The highest BCUT2D eigenvalue weighted by Gasteiger charge is 2.50. The van der Waals surface area contributed by atoms with Gasteiger partial charge in [0.25, 0.3) is 0 Å². The van der Waals surface area contributed by atoms with Crippen molar-refractivity contribution in [3.8, 4) is 5.75 Å². The van der Waals surface area contributed by atoms with Gasteiger partial charge in [-0.2, -0.15) is 0 Å². The van der Waals surface area contributed by atoms with Crippen LogP contribution in [0.1, 0.15) is 45.3 Å². The maximum absolute atomic E-state index is 14.3. The van der Waals surface area contributed by atoms with Gasteiger partial charge in [-0.3, -0.25) is 34.1 Å². The molecule has 15 atom stereocenters. The second-order valence-corrected chi connectivity index (χ2v) is 16.1. The number of phenols is 1. The smallest absolute Gasteiger partial charge is 0.248 e. The van der Waals surface area contributed by atoms with Crippen LogP contribution < -0.4 is 37.6 Å². The van der Waals surface area contributed by atoms with Gasteiger partial charge in [-0.15, -0.1) is 0 Å². The number of phenolic OH excluding ortho intramolecular Hbond substituents is 1. The maximum Gasteiger partial charge on any atom is 0.248 e. The Kier molecular flexibility index (Phi) is 17.9. The van der Waals surface area contributed by atoms with Gasteiger partial charge < -0.3 is 88.1 Å². The molecule has 348 valence electrons. The van der Waals surface area contributed by atoms with E-state index in [2.05, 4.69) is 31.9 Å². The first-order valence-corrected chi connectivity index (χ1v) is 20.4. The summed E-state index contributed by atoms with van der Waals surface area (Å²) >= 11 is 0. The lowest BCUT2D eigenvalue weighted by molar-refractivity contribution is -0.148. The Morgan fingerprint density at radius 1 is 0.742 bits per heavy atom. The topological polar surface area (TPSA) is 389 Å². The molecule has 0 radical (unpaired) electrons. The van der Waals surface area contributed by atoms with Crippen LogP contribution in [-0.4, -0.2) is 210 Å². The van der Waals surface area contributed by atoms with E-state index in [9.17, 15) is 69.6 Å². The van der Waals surface area contributed by atoms with E-state index in [4.69, 9.17) is 10.8 Å². The lowest BCUT2D eigenvalue weighted by Crippen LogP contribution is -2.64. The molecule has 4 rings (SSSR count). The Hall–Kier alpha value is -4.60. The lowest BCUT2D eigenvalue weighted by Gasteiger charge is -2.34. The Morgan fingerprint density at radius 3 is 1.92 bits per heavy atom. The van der Waals surface area contributed by atoms with Crippen LogP contribution in [0.5, 0.6) is 5.75 Å². The van der Waals surface area contributed by atoms with Gasteiger partial charge in [0.2, 0.25) is 35.4 Å². The molecule has 3 aliphatic heterocycles. The summed E-state index contributed by atoms with van der Waals surface area (Å²) in [5, 5.41) is 112. The quantitative estimate of drug-likeness (QED) is 0.0918. The van der Waals surface area contributed by atoms with E-state index in [1.54, 1.807) is 0 Å². The number of hydrogen-bond donors (Lipinski definition) is 16. The number of aliphatic hydroxyl groups is 8. The van der Waals surface area contributed by atoms with Crippen molar-refractivity contribution in [2.45, 2.75) is 119 Å². The molecule has 1 aromatic rings. The summed E-state index contributed by atoms with van der Waals surface area (Å²) in [6.45, 7) is 3.28. The van der Waals surface area contributed by atoms with E-state index < -0.39 is 146 Å². The van der Waals surface area contributed by atoms with Gasteiger partial charge in [0.1, 0.15) is 54.3 Å². The van der Waals surface area contributed by atoms with Crippen LogP contribution in [0.15, 0.2) is 24.3 Å². The van der Waals surface area contributed by atoms with Crippen LogP contribution in [0, 0.1) is 5.92 Å². The molecule has 17 N–H and O–H groups in total. The molecule has 0 spiro atoms. The molecule has 0 bridgehead atoms. The zero-order chi connectivity index (χ0) is 46.2. The molecule has 0 saturated carbocycles. The van der Waals surface area contributed by atoms with Crippen LogP contribution in [-0.2, 0) is 28.8 Å². The Labute approximate surface area is 356 Å². The number of amides is 6. The summed E-state index contributed by atoms with van der Waals surface area (Å²) in [4.78, 5) is 85.7. The predicted molar refractivity (Wildman–Crippen MR) is 214 cm³/mol. The van der Waals surface area contributed by atoms with Crippen molar-refractivity contribution in [1.82, 2.24) is 41.7 Å². The number of carbonyl (C=O) groups excluding carboxylic acids is 6. The van der Waals surface area contributed by atoms with Gasteiger partial charge in [0.15, 0.2) is 0 Å². The number of benzene rings is 1. The average molecular weight is 884 g/mol. The van der Waals surface area contributed by atoms with E-state index in [-0.39, 0.29) is 44.1 Å². The fourth-order valence-corrected chi connectivity index (χ4v) is 7.65. The SMILES string of the molecule is C[C@@H](O)C1NC(=O)C(N)C[C@@H](O)C(NCCNCCO)NC(=O)C2[C@@H](O)[C@@H](C)CN2C(=O)C([C@@H](C)O)NC(=O)C([C@H](O)[C@@H](O)c2ccc(O)cc2)NC(=O)C2C[C@@H](O)CN2C1=O. The zero-order valence-electron chi connectivity index (χ0n) is 34.6. The number of carbonyl (C=O) groups is 6. The molecule has 7 unspecified atom stereocenters. The number of aliphatic hydroxyl groups excluding tert-OH is 8. The van der Waals surface area contributed by atoms with E-state index in [1.165, 1.54) is 31.2 Å². The molecule has 3 saturated heterocycles. The van der Waals surface area contributed by atoms with Gasteiger partial charge in [0, 0.05) is 51.5 Å². The average Bonchev–Trinajstić information content (AvgIpc) is 3.76. The van der Waals surface area contributed by atoms with Crippen molar-refractivity contribution in [3.63, 3.8) is 0 Å². The van der Waals surface area contributed by atoms with Gasteiger partial charge in [-0.25, -0.2) is 0 Å². The number of fused-ring (bicyclic) bond motifs is 2. The molecule has 3 heterocycles. The fourth-order valence-electron chi connectivity index (χ4n) is 7.65. The lowest BCUT2D eigenvalue weighted by atomic mass is 9.96. The maximum atomic E-state index is 14.3. The van der Waals surface area contributed by atoms with E-state index in [0.29, 0.717) is 0 Å². The van der Waals surface area contributed by atoms with Gasteiger partial charge in [-0.05, 0) is 31.5 Å². The van der Waals surface area contributed by atoms with Crippen molar-refractivity contribution in [1.29, 1.82) is 0 Å². The predicted octanol–water partition coefficient (Wildman–Crippen LogP) is -8.12. The van der Waals surface area contributed by atoms with E-state index >= 15 is 0 Å². The van der Waals surface area contributed by atoms with Gasteiger partial charge >= 0.3 is 0 Å². The Balaban J connectivity index is 1.81. The second-order valence-electron chi connectivity index (χ2n) is 16.1. The number of nitrogens with one attached hydrogen (secondary N) is 6. The molecular weight excluding hydrogens is 822 g/mol. The molecule has 6 amide bonds. The Bertz CT molecular complexity index is 1720. The number of hydrogen-bond acceptors (Lipinski definition) is 18.